The average Bonchev–Trinajstić information content (AvgIpc) is 3.26. The van der Waals surface area contributed by atoms with Gasteiger partial charge in [-0.3, -0.25) is 9.59 Å². The van der Waals surface area contributed by atoms with Crippen molar-refractivity contribution in [2.45, 2.75) is 25.9 Å². The van der Waals surface area contributed by atoms with E-state index in [1.807, 2.05) is 0 Å². The summed E-state index contributed by atoms with van der Waals surface area (Å²) in [7, 11) is 1.74. The number of rotatable bonds is 4. The highest BCUT2D eigenvalue weighted by Crippen LogP contribution is 2.19. The van der Waals surface area contributed by atoms with Crippen LogP contribution < -0.4 is 0 Å². The van der Waals surface area contributed by atoms with Gasteiger partial charge in [0.25, 0.3) is 5.91 Å². The molecule has 2 heterocycles. The molecule has 1 saturated heterocycles. The van der Waals surface area contributed by atoms with Crippen LogP contribution in [0.15, 0.2) is 36.7 Å². The van der Waals surface area contributed by atoms with E-state index in [1.54, 1.807) is 39.9 Å². The SMILES string of the molecule is CC(=O)N(C)[C@H]1CCN(C(=O)c2ccn(Cc3c(F)cccc3F)c2)C1. The zero-order valence-electron chi connectivity index (χ0n) is 14.8. The maximum Gasteiger partial charge on any atom is 0.255 e. The molecule has 7 heteroatoms. The molecular formula is C19H21F2N3O2. The molecule has 1 aromatic heterocycles. The van der Waals surface area contributed by atoms with E-state index < -0.39 is 11.6 Å². The number of amides is 2. The summed E-state index contributed by atoms with van der Waals surface area (Å²) in [5.41, 5.74) is 0.430. The lowest BCUT2D eigenvalue weighted by Crippen LogP contribution is -2.38. The van der Waals surface area contributed by atoms with E-state index in [1.165, 1.54) is 25.1 Å². The van der Waals surface area contributed by atoms with Gasteiger partial charge in [0.1, 0.15) is 11.6 Å². The second kappa shape index (κ2) is 7.27. The Morgan fingerprint density at radius 1 is 1.23 bits per heavy atom. The van der Waals surface area contributed by atoms with E-state index in [0.29, 0.717) is 18.7 Å². The molecule has 3 rings (SSSR count). The molecule has 2 amide bonds. The number of carbonyl (C=O) groups is 2. The number of carbonyl (C=O) groups excluding carboxylic acids is 2. The summed E-state index contributed by atoms with van der Waals surface area (Å²) >= 11 is 0. The third kappa shape index (κ3) is 3.61. The largest absolute Gasteiger partial charge is 0.349 e. The normalized spacial score (nSPS) is 16.8. The monoisotopic (exact) mass is 361 g/mol. The molecular weight excluding hydrogens is 340 g/mol. The number of halogens is 2. The number of aromatic nitrogens is 1. The number of benzene rings is 1. The van der Waals surface area contributed by atoms with E-state index in [4.69, 9.17) is 0 Å². The summed E-state index contributed by atoms with van der Waals surface area (Å²) in [4.78, 5) is 27.5. The van der Waals surface area contributed by atoms with Crippen LogP contribution in [0.25, 0.3) is 0 Å². The lowest BCUT2D eigenvalue weighted by atomic mass is 10.2. The van der Waals surface area contributed by atoms with Crippen molar-refractivity contribution in [2.24, 2.45) is 0 Å². The van der Waals surface area contributed by atoms with Crippen LogP contribution in [0, 0.1) is 11.6 Å². The Morgan fingerprint density at radius 3 is 2.58 bits per heavy atom. The van der Waals surface area contributed by atoms with Gasteiger partial charge in [0, 0.05) is 45.0 Å². The van der Waals surface area contributed by atoms with Crippen LogP contribution in [0.2, 0.25) is 0 Å². The number of hydrogen-bond donors (Lipinski definition) is 0. The fourth-order valence-corrected chi connectivity index (χ4v) is 3.21. The highest BCUT2D eigenvalue weighted by atomic mass is 19.1. The highest BCUT2D eigenvalue weighted by Gasteiger charge is 2.30. The van der Waals surface area contributed by atoms with E-state index in [9.17, 15) is 18.4 Å². The number of likely N-dealkylation sites (N-methyl/N-ethyl adjacent to an activating group) is 1. The van der Waals surface area contributed by atoms with Crippen LogP contribution in [-0.4, -0.2) is 52.4 Å². The molecule has 0 aliphatic carbocycles. The van der Waals surface area contributed by atoms with Gasteiger partial charge >= 0.3 is 0 Å². The van der Waals surface area contributed by atoms with Crippen molar-refractivity contribution in [3.63, 3.8) is 0 Å². The average molecular weight is 361 g/mol. The smallest absolute Gasteiger partial charge is 0.255 e. The molecule has 1 aromatic carbocycles. The van der Waals surface area contributed by atoms with Gasteiger partial charge in [0.15, 0.2) is 0 Å². The molecule has 26 heavy (non-hydrogen) atoms. The third-order valence-corrected chi connectivity index (χ3v) is 4.89. The first-order valence-electron chi connectivity index (χ1n) is 8.48. The molecule has 1 aliphatic heterocycles. The topological polar surface area (TPSA) is 45.6 Å². The number of likely N-dealkylation sites (tertiary alicyclic amines) is 1. The Labute approximate surface area is 150 Å². The summed E-state index contributed by atoms with van der Waals surface area (Å²) < 4.78 is 29.1. The quantitative estimate of drug-likeness (QED) is 0.840. The molecule has 0 spiro atoms. The van der Waals surface area contributed by atoms with Gasteiger partial charge in [0.2, 0.25) is 5.91 Å². The summed E-state index contributed by atoms with van der Waals surface area (Å²) in [6.45, 7) is 2.59. The van der Waals surface area contributed by atoms with Crippen molar-refractivity contribution in [1.29, 1.82) is 0 Å². The zero-order valence-corrected chi connectivity index (χ0v) is 14.8. The van der Waals surface area contributed by atoms with Gasteiger partial charge in [0.05, 0.1) is 18.2 Å². The Bertz CT molecular complexity index is 814. The fourth-order valence-electron chi connectivity index (χ4n) is 3.21. The van der Waals surface area contributed by atoms with Gasteiger partial charge in [-0.1, -0.05) is 6.07 Å². The first-order valence-corrected chi connectivity index (χ1v) is 8.48. The number of hydrogen-bond acceptors (Lipinski definition) is 2. The van der Waals surface area contributed by atoms with E-state index in [2.05, 4.69) is 0 Å². The molecule has 0 unspecified atom stereocenters. The second-order valence-electron chi connectivity index (χ2n) is 6.60. The lowest BCUT2D eigenvalue weighted by molar-refractivity contribution is -0.129. The van der Waals surface area contributed by atoms with Crippen LogP contribution in [0.4, 0.5) is 8.78 Å². The van der Waals surface area contributed by atoms with Gasteiger partial charge < -0.3 is 14.4 Å². The van der Waals surface area contributed by atoms with Crippen LogP contribution in [0.5, 0.6) is 0 Å². The standard InChI is InChI=1S/C19H21F2N3O2/c1-13(25)22(2)15-7-9-24(11-15)19(26)14-6-8-23(10-14)12-16-17(20)4-3-5-18(16)21/h3-6,8,10,15H,7,9,11-12H2,1-2H3/t15-/m0/s1. The summed E-state index contributed by atoms with van der Waals surface area (Å²) in [5, 5.41) is 0. The van der Waals surface area contributed by atoms with E-state index >= 15 is 0 Å². The van der Waals surface area contributed by atoms with E-state index in [0.717, 1.165) is 6.42 Å². The Kier molecular flexibility index (Phi) is 5.06. The first-order chi connectivity index (χ1) is 12.4. The molecule has 5 nitrogen and oxygen atoms in total. The van der Waals surface area contributed by atoms with Crippen molar-refractivity contribution < 1.29 is 18.4 Å². The van der Waals surface area contributed by atoms with Crippen LogP contribution >= 0.6 is 0 Å². The minimum atomic E-state index is -0.610. The maximum absolute atomic E-state index is 13.8. The minimum absolute atomic E-state index is 0.0154. The molecule has 138 valence electrons. The summed E-state index contributed by atoms with van der Waals surface area (Å²) in [6.07, 6.45) is 3.97. The van der Waals surface area contributed by atoms with Crippen LogP contribution in [0.1, 0.15) is 29.3 Å². The van der Waals surface area contributed by atoms with Gasteiger partial charge in [-0.15, -0.1) is 0 Å². The van der Waals surface area contributed by atoms with Gasteiger partial charge in [-0.2, -0.15) is 0 Å². The van der Waals surface area contributed by atoms with E-state index in [-0.39, 0.29) is 30.0 Å². The number of nitrogens with zero attached hydrogens (tertiary/aromatic N) is 3. The Balaban J connectivity index is 1.68. The Morgan fingerprint density at radius 2 is 1.92 bits per heavy atom. The molecule has 2 aromatic rings. The molecule has 1 fully saturated rings. The first kappa shape index (κ1) is 18.1. The maximum atomic E-state index is 13.8. The molecule has 0 saturated carbocycles. The van der Waals surface area contributed by atoms with Crippen LogP contribution in [0.3, 0.4) is 0 Å². The van der Waals surface area contributed by atoms with Crippen LogP contribution in [-0.2, 0) is 11.3 Å². The molecule has 0 N–H and O–H groups in total. The van der Waals surface area contributed by atoms with Crippen molar-refractivity contribution in [3.8, 4) is 0 Å². The summed E-state index contributed by atoms with van der Waals surface area (Å²) in [5.74, 6) is -1.39. The molecule has 1 aliphatic rings. The zero-order chi connectivity index (χ0) is 18.8. The van der Waals surface area contributed by atoms with Crippen molar-refractivity contribution in [3.05, 3.63) is 59.4 Å². The predicted molar refractivity (Wildman–Crippen MR) is 92.6 cm³/mol. The van der Waals surface area contributed by atoms with Gasteiger partial charge in [-0.05, 0) is 24.6 Å². The molecule has 0 radical (unpaired) electrons. The van der Waals surface area contributed by atoms with Gasteiger partial charge in [-0.25, -0.2) is 8.78 Å². The predicted octanol–water partition coefficient (Wildman–Crippen LogP) is 2.51. The molecule has 0 bridgehead atoms. The fraction of sp³-hybridized carbons (Fsp3) is 0.368. The lowest BCUT2D eigenvalue weighted by Gasteiger charge is -2.23. The third-order valence-electron chi connectivity index (χ3n) is 4.89. The van der Waals surface area contributed by atoms with Crippen molar-refractivity contribution in [1.82, 2.24) is 14.4 Å². The second-order valence-corrected chi connectivity index (χ2v) is 6.60. The Hall–Kier alpha value is -2.70. The highest BCUT2D eigenvalue weighted by molar-refractivity contribution is 5.94. The van der Waals surface area contributed by atoms with Crippen molar-refractivity contribution >= 4 is 11.8 Å². The molecule has 1 atom stereocenters. The van der Waals surface area contributed by atoms with Crippen molar-refractivity contribution in [2.75, 3.05) is 20.1 Å². The summed E-state index contributed by atoms with van der Waals surface area (Å²) in [6, 6.07) is 5.41. The minimum Gasteiger partial charge on any atom is -0.349 e.